The van der Waals surface area contributed by atoms with Gasteiger partial charge in [-0.2, -0.15) is 0 Å². The number of fused-ring (bicyclic) bond motifs is 1. The number of methoxy groups -OCH3 is 1. The first-order chi connectivity index (χ1) is 31.0. The number of rotatable bonds is 17. The third-order valence-corrected chi connectivity index (χ3v) is 11.6. The molecule has 3 amide bonds. The Balaban J connectivity index is 0.819. The molecule has 14 nitrogen and oxygen atoms in total. The number of pyridine rings is 1. The molecule has 332 valence electrons. The van der Waals surface area contributed by atoms with E-state index in [9.17, 15) is 29.4 Å². The number of aliphatic hydroxyl groups excluding tert-OH is 1. The number of halogens is 1. The van der Waals surface area contributed by atoms with Crippen LogP contribution in [0.3, 0.4) is 0 Å². The van der Waals surface area contributed by atoms with E-state index in [-0.39, 0.29) is 47.7 Å². The van der Waals surface area contributed by atoms with Crippen molar-refractivity contribution in [3.63, 3.8) is 0 Å². The van der Waals surface area contributed by atoms with Gasteiger partial charge < -0.3 is 40.2 Å². The molecule has 0 radical (unpaired) electrons. The molecular formula is C49H51ClN6O8. The summed E-state index contributed by atoms with van der Waals surface area (Å²) in [5, 5.41) is 30.7. The van der Waals surface area contributed by atoms with Crippen molar-refractivity contribution >= 4 is 52.0 Å². The Morgan fingerprint density at radius 2 is 1.66 bits per heavy atom. The van der Waals surface area contributed by atoms with Gasteiger partial charge in [0.1, 0.15) is 17.6 Å². The molecule has 0 bridgehead atoms. The third kappa shape index (κ3) is 11.8. The van der Waals surface area contributed by atoms with Crippen molar-refractivity contribution in [3.8, 4) is 22.6 Å². The van der Waals surface area contributed by atoms with Crippen LogP contribution in [0, 0.1) is 0 Å². The number of anilines is 2. The molecule has 15 heteroatoms. The number of benzene rings is 5. The molecule has 6 N–H and O–H groups in total. The summed E-state index contributed by atoms with van der Waals surface area (Å²) in [7, 11) is 1.52. The second-order valence-corrected chi connectivity index (χ2v) is 15.9. The summed E-state index contributed by atoms with van der Waals surface area (Å²) in [6.45, 7) is 2.82. The van der Waals surface area contributed by atoms with Crippen molar-refractivity contribution in [2.45, 2.75) is 51.0 Å². The Bertz CT molecular complexity index is 2630. The Hall–Kier alpha value is -6.71. The molecule has 0 spiro atoms. The maximum atomic E-state index is 13.3. The molecule has 5 aromatic carbocycles. The van der Waals surface area contributed by atoms with Crippen LogP contribution in [-0.4, -0.2) is 77.4 Å². The van der Waals surface area contributed by atoms with Crippen LogP contribution in [0.2, 0.25) is 0 Å². The number of hydrogen-bond acceptors (Lipinski definition) is 10. The summed E-state index contributed by atoms with van der Waals surface area (Å²) in [5.41, 5.74) is 5.83. The lowest BCUT2D eigenvalue weighted by molar-refractivity contribution is -0.121. The number of para-hydroxylation sites is 1. The number of phenolic OH excluding ortho intramolecular Hbond substituents is 1. The topological polar surface area (TPSA) is 186 Å². The van der Waals surface area contributed by atoms with Gasteiger partial charge in [-0.1, -0.05) is 84.9 Å². The normalized spacial score (nSPS) is 13.5. The van der Waals surface area contributed by atoms with Crippen molar-refractivity contribution in [3.05, 3.63) is 154 Å². The number of piperidine rings is 1. The standard InChI is InChI=1S/C49H51ClN6O8/c1-63-44-28-36(15-14-35(44)30-51-31-43(58)39-16-18-42(57)48-40(39)17-19-46(60)54-48)56(50)47(61)27-32-8-7-9-33(26-32)29-52-45(59)22-25-55-23-20-37(21-24-55)64-49(62)53-41-13-6-5-12-38(41)34-10-3-2-4-11-34/h2-19,26,28,37,43,51,57-58H,20-25,27,29-31H2,1H3,(H,52,59)(H,53,62)(H,54,60). The molecule has 1 aliphatic rings. The van der Waals surface area contributed by atoms with E-state index in [4.69, 9.17) is 21.3 Å². The molecule has 2 heterocycles. The number of hydrogen-bond donors (Lipinski definition) is 6. The first kappa shape index (κ1) is 45.3. The third-order valence-electron chi connectivity index (χ3n) is 11.2. The van der Waals surface area contributed by atoms with Crippen molar-refractivity contribution < 1.29 is 34.1 Å². The van der Waals surface area contributed by atoms with Crippen LogP contribution in [0.5, 0.6) is 11.5 Å². The van der Waals surface area contributed by atoms with Crippen molar-refractivity contribution in [2.24, 2.45) is 0 Å². The predicted octanol–water partition coefficient (Wildman–Crippen LogP) is 7.18. The molecule has 1 aliphatic heterocycles. The van der Waals surface area contributed by atoms with Crippen molar-refractivity contribution in [1.82, 2.24) is 20.5 Å². The first-order valence-electron chi connectivity index (χ1n) is 21.1. The lowest BCUT2D eigenvalue weighted by Crippen LogP contribution is -2.40. The molecule has 64 heavy (non-hydrogen) atoms. The fourth-order valence-corrected chi connectivity index (χ4v) is 7.96. The Kier molecular flexibility index (Phi) is 15.3. The smallest absolute Gasteiger partial charge is 0.411 e. The number of ether oxygens (including phenoxy) is 2. The zero-order valence-corrected chi connectivity index (χ0v) is 36.1. The van der Waals surface area contributed by atoms with E-state index in [1.165, 1.54) is 19.2 Å². The number of likely N-dealkylation sites (tertiary alicyclic amines) is 1. The summed E-state index contributed by atoms with van der Waals surface area (Å²) in [4.78, 5) is 55.5. The monoisotopic (exact) mass is 886 g/mol. The molecule has 1 fully saturated rings. The SMILES string of the molecule is COc1cc(N(Cl)C(=O)Cc2cccc(CNC(=O)CCN3CCC(OC(=O)Nc4ccccc4-c4ccccc4)CC3)c2)ccc1CNCC(O)c1ccc(O)c2[nH]c(=O)ccc12. The lowest BCUT2D eigenvalue weighted by Gasteiger charge is -2.31. The maximum Gasteiger partial charge on any atom is 0.411 e. The number of nitrogens with zero attached hydrogens (tertiary/aromatic N) is 2. The molecule has 6 aromatic rings. The summed E-state index contributed by atoms with van der Waals surface area (Å²) >= 11 is 6.55. The molecule has 1 atom stereocenters. The maximum absolute atomic E-state index is 13.3. The number of aromatic nitrogens is 1. The molecule has 1 unspecified atom stereocenters. The van der Waals surface area contributed by atoms with Crippen LogP contribution < -0.4 is 30.7 Å². The van der Waals surface area contributed by atoms with Crippen LogP contribution in [0.25, 0.3) is 22.0 Å². The Morgan fingerprint density at radius 1 is 0.891 bits per heavy atom. The predicted molar refractivity (Wildman–Crippen MR) is 247 cm³/mol. The van der Waals surface area contributed by atoms with Gasteiger partial charge in [-0.15, -0.1) is 0 Å². The number of aromatic amines is 1. The number of phenols is 1. The number of aliphatic hydroxyl groups is 1. The molecule has 1 aromatic heterocycles. The number of H-pyrrole nitrogens is 1. The Labute approximate surface area is 375 Å². The average molecular weight is 887 g/mol. The zero-order chi connectivity index (χ0) is 45.0. The molecule has 1 saturated heterocycles. The lowest BCUT2D eigenvalue weighted by atomic mass is 10.0. The zero-order valence-electron chi connectivity index (χ0n) is 35.4. The van der Waals surface area contributed by atoms with Gasteiger partial charge in [-0.25, -0.2) is 9.21 Å². The summed E-state index contributed by atoms with van der Waals surface area (Å²) < 4.78 is 12.4. The van der Waals surface area contributed by atoms with Gasteiger partial charge in [-0.05, 0) is 59.4 Å². The van der Waals surface area contributed by atoms with Gasteiger partial charge in [-0.3, -0.25) is 19.7 Å². The van der Waals surface area contributed by atoms with Gasteiger partial charge in [0.2, 0.25) is 17.4 Å². The summed E-state index contributed by atoms with van der Waals surface area (Å²) in [6.07, 6.45) is 0.0755. The van der Waals surface area contributed by atoms with E-state index in [1.54, 1.807) is 30.3 Å². The number of nitrogens with one attached hydrogen (secondary N) is 4. The van der Waals surface area contributed by atoms with E-state index in [0.29, 0.717) is 80.1 Å². The number of carbonyl (C=O) groups is 3. The van der Waals surface area contributed by atoms with E-state index in [0.717, 1.165) is 32.2 Å². The number of aromatic hydroxyl groups is 1. The highest BCUT2D eigenvalue weighted by Crippen LogP contribution is 2.31. The van der Waals surface area contributed by atoms with Crippen LogP contribution >= 0.6 is 11.8 Å². The largest absolute Gasteiger partial charge is 0.506 e. The van der Waals surface area contributed by atoms with Crippen molar-refractivity contribution in [1.29, 1.82) is 0 Å². The second kappa shape index (κ2) is 21.6. The summed E-state index contributed by atoms with van der Waals surface area (Å²) in [6, 6.07) is 36.0. The van der Waals surface area contributed by atoms with Crippen LogP contribution in [0.1, 0.15) is 47.6 Å². The highest BCUT2D eigenvalue weighted by Gasteiger charge is 2.24. The molecule has 0 saturated carbocycles. The highest BCUT2D eigenvalue weighted by molar-refractivity contribution is 6.36. The minimum atomic E-state index is -0.939. The van der Waals surface area contributed by atoms with Gasteiger partial charge in [0, 0.05) is 86.1 Å². The molecule has 0 aliphatic carbocycles. The first-order valence-corrected chi connectivity index (χ1v) is 21.5. The number of carbonyl (C=O) groups excluding carboxylic acids is 3. The molecular weight excluding hydrogens is 836 g/mol. The molecule has 7 rings (SSSR count). The van der Waals surface area contributed by atoms with E-state index in [2.05, 4.69) is 25.8 Å². The van der Waals surface area contributed by atoms with Gasteiger partial charge in [0.25, 0.3) is 0 Å². The van der Waals surface area contributed by atoms with Crippen LogP contribution in [-0.2, 0) is 33.8 Å². The van der Waals surface area contributed by atoms with Gasteiger partial charge in [0.15, 0.2) is 0 Å². The Morgan fingerprint density at radius 3 is 2.45 bits per heavy atom. The van der Waals surface area contributed by atoms with E-state index >= 15 is 0 Å². The van der Waals surface area contributed by atoms with Crippen LogP contribution in [0.15, 0.2) is 126 Å². The quantitative estimate of drug-likeness (QED) is 0.0513. The fourth-order valence-electron chi connectivity index (χ4n) is 7.79. The van der Waals surface area contributed by atoms with E-state index in [1.807, 2.05) is 78.9 Å². The minimum absolute atomic E-state index is 0.0247. The highest BCUT2D eigenvalue weighted by atomic mass is 35.5. The van der Waals surface area contributed by atoms with Crippen LogP contribution in [0.4, 0.5) is 16.2 Å². The average Bonchev–Trinajstić information content (AvgIpc) is 3.31. The minimum Gasteiger partial charge on any atom is -0.506 e. The van der Waals surface area contributed by atoms with Gasteiger partial charge >= 0.3 is 6.09 Å². The van der Waals surface area contributed by atoms with E-state index < -0.39 is 12.2 Å². The second-order valence-electron chi connectivity index (χ2n) is 15.6. The van der Waals surface area contributed by atoms with Crippen molar-refractivity contribution in [2.75, 3.05) is 43.0 Å². The van der Waals surface area contributed by atoms with Gasteiger partial charge in [0.05, 0.1) is 36.5 Å². The number of amides is 3. The summed E-state index contributed by atoms with van der Waals surface area (Å²) in [5.74, 6) is -0.0389. The fraction of sp³-hybridized carbons (Fsp3) is 0.265.